The van der Waals surface area contributed by atoms with Crippen molar-refractivity contribution in [3.8, 4) is 0 Å². The van der Waals surface area contributed by atoms with Crippen molar-refractivity contribution in [3.05, 3.63) is 29.3 Å². The smallest absolute Gasteiger partial charge is 0.337 e. The molecule has 0 bridgehead atoms. The zero-order valence-electron chi connectivity index (χ0n) is 9.57. The van der Waals surface area contributed by atoms with Crippen LogP contribution in [0.4, 0.5) is 10.1 Å². The third kappa shape index (κ3) is 1.67. The van der Waals surface area contributed by atoms with E-state index in [0.29, 0.717) is 16.8 Å². The summed E-state index contributed by atoms with van der Waals surface area (Å²) in [4.78, 5) is 24.5. The molecule has 17 heavy (non-hydrogen) atoms. The first-order chi connectivity index (χ1) is 8.10. The zero-order chi connectivity index (χ0) is 12.6. The quantitative estimate of drug-likeness (QED) is 0.732. The van der Waals surface area contributed by atoms with Crippen molar-refractivity contribution in [2.24, 2.45) is 0 Å². The van der Waals surface area contributed by atoms with Crippen LogP contribution in [0.1, 0.15) is 21.8 Å². The maximum atomic E-state index is 12.9. The fourth-order valence-electron chi connectivity index (χ4n) is 2.02. The molecule has 1 aliphatic heterocycles. The largest absolute Gasteiger partial charge is 0.465 e. The second kappa shape index (κ2) is 4.16. The Kier molecular flexibility index (Phi) is 2.83. The predicted octanol–water partition coefficient (Wildman–Crippen LogP) is 1.50. The molecule has 1 amide bonds. The van der Waals surface area contributed by atoms with Crippen LogP contribution in [0.2, 0.25) is 0 Å². The number of esters is 1. The molecule has 0 aliphatic carbocycles. The first-order valence-electron chi connectivity index (χ1n) is 5.16. The SMILES string of the molecule is COC(=O)c1ccc2c(c1)C(CF)C(=O)N2C. The molecule has 0 fully saturated rings. The molecule has 1 aromatic carbocycles. The molecule has 0 spiro atoms. The minimum Gasteiger partial charge on any atom is -0.465 e. The number of nitrogens with zero attached hydrogens (tertiary/aromatic N) is 1. The lowest BCUT2D eigenvalue weighted by Gasteiger charge is -2.09. The van der Waals surface area contributed by atoms with Gasteiger partial charge in [-0.05, 0) is 23.8 Å². The summed E-state index contributed by atoms with van der Waals surface area (Å²) in [6, 6.07) is 4.72. The van der Waals surface area contributed by atoms with Gasteiger partial charge in [0, 0.05) is 12.7 Å². The maximum Gasteiger partial charge on any atom is 0.337 e. The van der Waals surface area contributed by atoms with Crippen molar-refractivity contribution in [1.29, 1.82) is 0 Å². The number of hydrogen-bond acceptors (Lipinski definition) is 3. The van der Waals surface area contributed by atoms with E-state index < -0.39 is 18.6 Å². The van der Waals surface area contributed by atoms with Gasteiger partial charge in [-0.25, -0.2) is 9.18 Å². The molecular formula is C12H12FNO3. The van der Waals surface area contributed by atoms with Crippen molar-refractivity contribution in [2.75, 3.05) is 25.7 Å². The summed E-state index contributed by atoms with van der Waals surface area (Å²) in [6.07, 6.45) is 0. The van der Waals surface area contributed by atoms with Gasteiger partial charge >= 0.3 is 5.97 Å². The van der Waals surface area contributed by atoms with Gasteiger partial charge in [0.25, 0.3) is 0 Å². The van der Waals surface area contributed by atoms with Crippen LogP contribution in [0.3, 0.4) is 0 Å². The average Bonchev–Trinajstić information content (AvgIpc) is 2.60. The second-order valence-corrected chi connectivity index (χ2v) is 3.87. The first-order valence-corrected chi connectivity index (χ1v) is 5.16. The van der Waals surface area contributed by atoms with Gasteiger partial charge in [0.15, 0.2) is 0 Å². The highest BCUT2D eigenvalue weighted by molar-refractivity contribution is 6.05. The highest BCUT2D eigenvalue weighted by Gasteiger charge is 2.35. The maximum absolute atomic E-state index is 12.9. The molecule has 5 heteroatoms. The van der Waals surface area contributed by atoms with Gasteiger partial charge < -0.3 is 9.64 Å². The van der Waals surface area contributed by atoms with Gasteiger partial charge in [0.05, 0.1) is 18.6 Å². The van der Waals surface area contributed by atoms with Gasteiger partial charge in [0.1, 0.15) is 6.67 Å². The Hall–Kier alpha value is -1.91. The number of hydrogen-bond donors (Lipinski definition) is 0. The standard InChI is InChI=1S/C12H12FNO3/c1-14-10-4-3-7(12(16)17-2)5-8(10)9(6-13)11(14)15/h3-5,9H,6H2,1-2H3. The molecule has 0 aromatic heterocycles. The minimum atomic E-state index is -0.806. The molecule has 1 aliphatic rings. The lowest BCUT2D eigenvalue weighted by molar-refractivity contribution is -0.119. The van der Waals surface area contributed by atoms with Crippen molar-refractivity contribution >= 4 is 17.6 Å². The minimum absolute atomic E-state index is 0.287. The number of rotatable bonds is 2. The highest BCUT2D eigenvalue weighted by atomic mass is 19.1. The number of likely N-dealkylation sites (N-methyl/N-ethyl adjacent to an activating group) is 1. The summed E-state index contributed by atoms with van der Waals surface area (Å²) >= 11 is 0. The summed E-state index contributed by atoms with van der Waals surface area (Å²) in [7, 11) is 2.87. The molecule has 0 radical (unpaired) electrons. The van der Waals surface area contributed by atoms with Gasteiger partial charge in [0.2, 0.25) is 5.91 Å². The Morgan fingerprint density at radius 3 is 2.82 bits per heavy atom. The summed E-state index contributed by atoms with van der Waals surface area (Å²) < 4.78 is 17.4. The number of amides is 1. The van der Waals surface area contributed by atoms with Crippen molar-refractivity contribution in [3.63, 3.8) is 0 Å². The number of methoxy groups -OCH3 is 1. The number of ether oxygens (including phenoxy) is 1. The van der Waals surface area contributed by atoms with E-state index in [1.165, 1.54) is 18.1 Å². The molecule has 1 aromatic rings. The Bertz CT molecular complexity index is 487. The summed E-state index contributed by atoms with van der Waals surface area (Å²) in [5, 5.41) is 0. The molecule has 1 heterocycles. The van der Waals surface area contributed by atoms with Crippen LogP contribution in [0, 0.1) is 0 Å². The van der Waals surface area contributed by atoms with Crippen LogP contribution in [0.5, 0.6) is 0 Å². The number of carbonyl (C=O) groups is 2. The van der Waals surface area contributed by atoms with E-state index >= 15 is 0 Å². The van der Waals surface area contributed by atoms with Crippen LogP contribution in [-0.4, -0.2) is 32.7 Å². The Morgan fingerprint density at radius 2 is 2.24 bits per heavy atom. The first kappa shape index (κ1) is 11.6. The topological polar surface area (TPSA) is 46.6 Å². The van der Waals surface area contributed by atoms with E-state index in [0.717, 1.165) is 0 Å². The Labute approximate surface area is 98.0 Å². The molecule has 0 saturated carbocycles. The lowest BCUT2D eigenvalue weighted by Crippen LogP contribution is -2.24. The van der Waals surface area contributed by atoms with E-state index in [1.54, 1.807) is 19.2 Å². The molecule has 1 atom stereocenters. The van der Waals surface area contributed by atoms with Crippen molar-refractivity contribution in [2.45, 2.75) is 5.92 Å². The number of carbonyl (C=O) groups excluding carboxylic acids is 2. The van der Waals surface area contributed by atoms with Crippen LogP contribution in [-0.2, 0) is 9.53 Å². The third-order valence-electron chi connectivity index (χ3n) is 2.97. The van der Waals surface area contributed by atoms with Gasteiger partial charge in [-0.3, -0.25) is 4.79 Å². The summed E-state index contributed by atoms with van der Waals surface area (Å²) in [5.74, 6) is -1.59. The molecule has 0 N–H and O–H groups in total. The van der Waals surface area contributed by atoms with E-state index in [1.807, 2.05) is 0 Å². The second-order valence-electron chi connectivity index (χ2n) is 3.87. The molecule has 4 nitrogen and oxygen atoms in total. The lowest BCUT2D eigenvalue weighted by atomic mass is 10.00. The zero-order valence-corrected chi connectivity index (χ0v) is 9.57. The Balaban J connectivity index is 2.49. The van der Waals surface area contributed by atoms with E-state index in [-0.39, 0.29) is 5.91 Å². The van der Waals surface area contributed by atoms with Crippen LogP contribution >= 0.6 is 0 Å². The molecular weight excluding hydrogens is 225 g/mol. The van der Waals surface area contributed by atoms with Gasteiger partial charge in [-0.15, -0.1) is 0 Å². The predicted molar refractivity (Wildman–Crippen MR) is 59.9 cm³/mol. The third-order valence-corrected chi connectivity index (χ3v) is 2.97. The highest BCUT2D eigenvalue weighted by Crippen LogP contribution is 2.37. The van der Waals surface area contributed by atoms with E-state index in [2.05, 4.69) is 4.74 Å². The number of anilines is 1. The van der Waals surface area contributed by atoms with Gasteiger partial charge in [-0.1, -0.05) is 0 Å². The summed E-state index contributed by atoms with van der Waals surface area (Å²) in [6.45, 7) is -0.763. The van der Waals surface area contributed by atoms with Crippen LogP contribution in [0.15, 0.2) is 18.2 Å². The monoisotopic (exact) mass is 237 g/mol. The van der Waals surface area contributed by atoms with Gasteiger partial charge in [-0.2, -0.15) is 0 Å². The average molecular weight is 237 g/mol. The van der Waals surface area contributed by atoms with E-state index in [9.17, 15) is 14.0 Å². The molecule has 2 rings (SSSR count). The summed E-state index contributed by atoms with van der Waals surface area (Å²) in [5.41, 5.74) is 1.51. The van der Waals surface area contributed by atoms with Crippen LogP contribution < -0.4 is 4.90 Å². The van der Waals surface area contributed by atoms with E-state index in [4.69, 9.17) is 0 Å². The number of alkyl halides is 1. The van der Waals surface area contributed by atoms with Crippen molar-refractivity contribution < 1.29 is 18.7 Å². The fourth-order valence-corrected chi connectivity index (χ4v) is 2.02. The molecule has 1 unspecified atom stereocenters. The number of benzene rings is 1. The Morgan fingerprint density at radius 1 is 1.53 bits per heavy atom. The van der Waals surface area contributed by atoms with Crippen LogP contribution in [0.25, 0.3) is 0 Å². The number of halogens is 1. The van der Waals surface area contributed by atoms with Crippen molar-refractivity contribution in [1.82, 2.24) is 0 Å². The number of fused-ring (bicyclic) bond motifs is 1. The fraction of sp³-hybridized carbons (Fsp3) is 0.333. The normalized spacial score (nSPS) is 18.2. The molecule has 90 valence electrons. The molecule has 0 saturated heterocycles.